The molecule has 34 heavy (non-hydrogen) atoms. The van der Waals surface area contributed by atoms with Gasteiger partial charge in [-0.15, -0.1) is 0 Å². The number of nitrogens with one attached hydrogen (secondary N) is 1. The van der Waals surface area contributed by atoms with Crippen LogP contribution in [0.3, 0.4) is 0 Å². The summed E-state index contributed by atoms with van der Waals surface area (Å²) in [6.07, 6.45) is 0.744. The maximum absolute atomic E-state index is 13.1. The Morgan fingerprint density at radius 1 is 0.941 bits per heavy atom. The van der Waals surface area contributed by atoms with Crippen molar-refractivity contribution in [1.29, 1.82) is 0 Å². The molecule has 1 heterocycles. The van der Waals surface area contributed by atoms with Crippen LogP contribution in [0.5, 0.6) is 5.75 Å². The summed E-state index contributed by atoms with van der Waals surface area (Å²) in [5.41, 5.74) is 2.74. The second kappa shape index (κ2) is 11.3. The van der Waals surface area contributed by atoms with E-state index in [9.17, 15) is 9.59 Å². The lowest BCUT2D eigenvalue weighted by Gasteiger charge is -2.32. The van der Waals surface area contributed by atoms with Gasteiger partial charge >= 0.3 is 0 Å². The Morgan fingerprint density at radius 2 is 1.71 bits per heavy atom. The van der Waals surface area contributed by atoms with Gasteiger partial charge in [0, 0.05) is 48.3 Å². The van der Waals surface area contributed by atoms with E-state index < -0.39 is 0 Å². The van der Waals surface area contributed by atoms with E-state index in [0.29, 0.717) is 42.3 Å². The molecule has 1 N–H and O–H groups in total. The van der Waals surface area contributed by atoms with Gasteiger partial charge in [-0.1, -0.05) is 52.3 Å². The van der Waals surface area contributed by atoms with Crippen molar-refractivity contribution in [1.82, 2.24) is 9.80 Å². The molecule has 1 aliphatic rings. The maximum atomic E-state index is 13.1. The zero-order chi connectivity index (χ0) is 23.9. The van der Waals surface area contributed by atoms with Crippen molar-refractivity contribution in [3.8, 4) is 5.75 Å². The van der Waals surface area contributed by atoms with Crippen molar-refractivity contribution in [3.05, 3.63) is 94.0 Å². The largest absolute Gasteiger partial charge is 0.492 e. The summed E-state index contributed by atoms with van der Waals surface area (Å²) >= 11 is 3.44. The van der Waals surface area contributed by atoms with Gasteiger partial charge in [0.05, 0.1) is 12.2 Å². The summed E-state index contributed by atoms with van der Waals surface area (Å²) in [6, 6.07) is 22.5. The minimum absolute atomic E-state index is 0.0170. The Bertz CT molecular complexity index is 1140. The van der Waals surface area contributed by atoms with Crippen molar-refractivity contribution >= 4 is 33.4 Å². The topological polar surface area (TPSA) is 61.9 Å². The first-order valence-electron chi connectivity index (χ1n) is 11.3. The Balaban J connectivity index is 1.43. The molecular formula is C27H28BrN3O3. The lowest BCUT2D eigenvalue weighted by molar-refractivity contribution is 0.0664. The molecule has 2 amide bonds. The molecular weight excluding hydrogens is 494 g/mol. The van der Waals surface area contributed by atoms with Crippen molar-refractivity contribution in [3.63, 3.8) is 0 Å². The Labute approximate surface area is 208 Å². The normalized spacial score (nSPS) is 14.0. The first kappa shape index (κ1) is 24.0. The Hall–Kier alpha value is -3.16. The average Bonchev–Trinajstić information content (AvgIpc) is 2.86. The number of nitrogens with zero attached hydrogens (tertiary/aromatic N) is 2. The van der Waals surface area contributed by atoms with Crippen LogP contribution in [0.25, 0.3) is 0 Å². The van der Waals surface area contributed by atoms with E-state index in [0.717, 1.165) is 24.0 Å². The summed E-state index contributed by atoms with van der Waals surface area (Å²) < 4.78 is 6.74. The van der Waals surface area contributed by atoms with E-state index >= 15 is 0 Å². The SMILES string of the molecule is CN1CCN(C(=O)c2cccc(NC(=O)c3cc(Br)ccc3OCCc3ccccc3)c2)CC1. The van der Waals surface area contributed by atoms with Gasteiger partial charge in [0.1, 0.15) is 5.75 Å². The Morgan fingerprint density at radius 3 is 2.47 bits per heavy atom. The van der Waals surface area contributed by atoms with Gasteiger partial charge in [-0.3, -0.25) is 9.59 Å². The van der Waals surface area contributed by atoms with E-state index in [4.69, 9.17) is 4.74 Å². The summed E-state index contributed by atoms with van der Waals surface area (Å²) in [6.45, 7) is 3.58. The fraction of sp³-hybridized carbons (Fsp3) is 0.259. The molecule has 0 unspecified atom stereocenters. The number of ether oxygens (including phenoxy) is 1. The van der Waals surface area contributed by atoms with Gasteiger partial charge in [0.25, 0.3) is 11.8 Å². The number of halogens is 1. The van der Waals surface area contributed by atoms with Gasteiger partial charge < -0.3 is 19.9 Å². The van der Waals surface area contributed by atoms with Gasteiger partial charge in [-0.05, 0) is 49.0 Å². The molecule has 0 atom stereocenters. The van der Waals surface area contributed by atoms with Crippen LogP contribution in [0.2, 0.25) is 0 Å². The number of rotatable bonds is 7. The third-order valence-electron chi connectivity index (χ3n) is 5.84. The summed E-state index contributed by atoms with van der Waals surface area (Å²) in [7, 11) is 2.06. The van der Waals surface area contributed by atoms with E-state index in [1.807, 2.05) is 29.2 Å². The predicted octanol–water partition coefficient (Wildman–Crippen LogP) is 4.71. The van der Waals surface area contributed by atoms with Gasteiger partial charge in [-0.2, -0.15) is 0 Å². The monoisotopic (exact) mass is 521 g/mol. The smallest absolute Gasteiger partial charge is 0.259 e. The molecule has 176 valence electrons. The number of hydrogen-bond donors (Lipinski definition) is 1. The third-order valence-corrected chi connectivity index (χ3v) is 6.33. The van der Waals surface area contributed by atoms with Crippen LogP contribution in [0.15, 0.2) is 77.3 Å². The number of amides is 2. The molecule has 1 saturated heterocycles. The zero-order valence-electron chi connectivity index (χ0n) is 19.2. The third kappa shape index (κ3) is 6.24. The molecule has 6 nitrogen and oxygen atoms in total. The van der Waals surface area contributed by atoms with Crippen molar-refractivity contribution in [2.45, 2.75) is 6.42 Å². The standard InChI is InChI=1S/C27H28BrN3O3/c1-30-13-15-31(16-14-30)27(33)21-8-5-9-23(18-21)29-26(32)24-19-22(28)10-11-25(24)34-17-12-20-6-3-2-4-7-20/h2-11,18-19H,12-17H2,1H3,(H,29,32). The highest BCUT2D eigenvalue weighted by Gasteiger charge is 2.21. The van der Waals surface area contributed by atoms with E-state index in [1.54, 1.807) is 36.4 Å². The number of hydrogen-bond acceptors (Lipinski definition) is 4. The van der Waals surface area contributed by atoms with Crippen LogP contribution >= 0.6 is 15.9 Å². The first-order chi connectivity index (χ1) is 16.5. The molecule has 0 saturated carbocycles. The number of carbonyl (C=O) groups is 2. The molecule has 0 radical (unpaired) electrons. The van der Waals surface area contributed by atoms with Crippen molar-refractivity contribution in [2.24, 2.45) is 0 Å². The highest BCUT2D eigenvalue weighted by Crippen LogP contribution is 2.25. The van der Waals surface area contributed by atoms with Crippen molar-refractivity contribution in [2.75, 3.05) is 45.2 Å². The molecule has 3 aromatic carbocycles. The number of likely N-dealkylation sites (N-methyl/N-ethyl adjacent to an activating group) is 1. The van der Waals surface area contributed by atoms with Gasteiger partial charge in [0.15, 0.2) is 0 Å². The Kier molecular flexibility index (Phi) is 7.98. The van der Waals surface area contributed by atoms with Crippen LogP contribution in [-0.2, 0) is 6.42 Å². The number of benzene rings is 3. The second-order valence-corrected chi connectivity index (χ2v) is 9.27. The molecule has 7 heteroatoms. The minimum atomic E-state index is -0.291. The summed E-state index contributed by atoms with van der Waals surface area (Å²) in [5, 5.41) is 2.92. The van der Waals surface area contributed by atoms with Crippen LogP contribution in [0, 0.1) is 0 Å². The number of piperazine rings is 1. The molecule has 4 rings (SSSR count). The lowest BCUT2D eigenvalue weighted by Crippen LogP contribution is -2.47. The fourth-order valence-electron chi connectivity index (χ4n) is 3.85. The van der Waals surface area contributed by atoms with E-state index in [-0.39, 0.29) is 11.8 Å². The molecule has 1 aliphatic heterocycles. The fourth-order valence-corrected chi connectivity index (χ4v) is 4.21. The van der Waals surface area contributed by atoms with Crippen LogP contribution in [0.4, 0.5) is 5.69 Å². The summed E-state index contributed by atoms with van der Waals surface area (Å²) in [4.78, 5) is 30.1. The zero-order valence-corrected chi connectivity index (χ0v) is 20.8. The first-order valence-corrected chi connectivity index (χ1v) is 12.1. The molecule has 0 bridgehead atoms. The summed E-state index contributed by atoms with van der Waals surface area (Å²) in [5.74, 6) is 0.207. The maximum Gasteiger partial charge on any atom is 0.259 e. The lowest BCUT2D eigenvalue weighted by atomic mass is 10.1. The molecule has 0 aliphatic carbocycles. The van der Waals surface area contributed by atoms with Crippen LogP contribution in [-0.4, -0.2) is 61.4 Å². The van der Waals surface area contributed by atoms with E-state index in [2.05, 4.69) is 45.3 Å². The highest BCUT2D eigenvalue weighted by atomic mass is 79.9. The molecule has 3 aromatic rings. The molecule has 0 spiro atoms. The van der Waals surface area contributed by atoms with Crippen molar-refractivity contribution < 1.29 is 14.3 Å². The number of carbonyl (C=O) groups excluding carboxylic acids is 2. The van der Waals surface area contributed by atoms with Gasteiger partial charge in [-0.25, -0.2) is 0 Å². The predicted molar refractivity (Wildman–Crippen MR) is 138 cm³/mol. The van der Waals surface area contributed by atoms with Crippen LogP contribution in [0.1, 0.15) is 26.3 Å². The number of anilines is 1. The average molecular weight is 522 g/mol. The second-order valence-electron chi connectivity index (χ2n) is 8.35. The molecule has 0 aromatic heterocycles. The minimum Gasteiger partial charge on any atom is -0.492 e. The quantitative estimate of drug-likeness (QED) is 0.489. The van der Waals surface area contributed by atoms with E-state index in [1.165, 1.54) is 5.56 Å². The highest BCUT2D eigenvalue weighted by molar-refractivity contribution is 9.10. The van der Waals surface area contributed by atoms with Gasteiger partial charge in [0.2, 0.25) is 0 Å². The molecule has 1 fully saturated rings. The van der Waals surface area contributed by atoms with Crippen LogP contribution < -0.4 is 10.1 Å².